The van der Waals surface area contributed by atoms with Crippen molar-refractivity contribution in [3.8, 4) is 57.3 Å². The normalized spacial score (nSPS) is 10.7. The number of methoxy groups -OCH3 is 6. The zero-order valence-electron chi connectivity index (χ0n) is 29.9. The molecule has 1 heterocycles. The lowest BCUT2D eigenvalue weighted by Gasteiger charge is -2.14. The first-order valence-electron chi connectivity index (χ1n) is 16.0. The van der Waals surface area contributed by atoms with Gasteiger partial charge in [-0.3, -0.25) is 9.59 Å². The number of fused-ring (bicyclic) bond motifs is 1. The van der Waals surface area contributed by atoms with Crippen LogP contribution in [0.4, 0.5) is 0 Å². The summed E-state index contributed by atoms with van der Waals surface area (Å²) in [4.78, 5) is 24.9. The predicted molar refractivity (Wildman–Crippen MR) is 196 cm³/mol. The fourth-order valence-corrected chi connectivity index (χ4v) is 5.32. The third kappa shape index (κ3) is 8.21. The lowest BCUT2D eigenvalue weighted by molar-refractivity contribution is 0.104. The second-order valence-corrected chi connectivity index (χ2v) is 11.1. The van der Waals surface area contributed by atoms with Gasteiger partial charge in [-0.05, 0) is 84.1 Å². The molecule has 268 valence electrons. The maximum Gasteiger partial charge on any atom is 0.235 e. The summed E-state index contributed by atoms with van der Waals surface area (Å²) < 4.78 is 37.7. The van der Waals surface area contributed by atoms with Crippen LogP contribution in [0.5, 0.6) is 46.0 Å². The molecule has 2 N–H and O–H groups in total. The molecule has 0 spiro atoms. The van der Waals surface area contributed by atoms with E-state index in [0.29, 0.717) is 56.6 Å². The maximum atomic E-state index is 12.6. The monoisotopic (exact) mass is 698 g/mol. The summed E-state index contributed by atoms with van der Waals surface area (Å²) in [5.41, 5.74) is 3.35. The Hall–Kier alpha value is -6.10. The number of carbonyl (C=O) groups excluding carboxylic acids is 1. The van der Waals surface area contributed by atoms with E-state index in [4.69, 9.17) is 32.8 Å². The van der Waals surface area contributed by atoms with E-state index in [0.717, 1.165) is 24.0 Å². The highest BCUT2D eigenvalue weighted by molar-refractivity contribution is 6.08. The Balaban J connectivity index is 0.000000229. The smallest absolute Gasteiger partial charge is 0.235 e. The summed E-state index contributed by atoms with van der Waals surface area (Å²) in [6, 6.07) is 17.1. The van der Waals surface area contributed by atoms with E-state index in [1.165, 1.54) is 48.7 Å². The first-order chi connectivity index (χ1) is 24.6. The molecule has 4 aromatic carbocycles. The molecule has 1 aromatic heterocycles. The molecule has 5 rings (SSSR count). The van der Waals surface area contributed by atoms with E-state index in [2.05, 4.69) is 0 Å². The highest BCUT2D eigenvalue weighted by atomic mass is 16.5. The van der Waals surface area contributed by atoms with Crippen molar-refractivity contribution in [1.82, 2.24) is 0 Å². The van der Waals surface area contributed by atoms with Crippen LogP contribution in [-0.2, 0) is 12.8 Å². The van der Waals surface area contributed by atoms with Crippen molar-refractivity contribution in [1.29, 1.82) is 0 Å². The van der Waals surface area contributed by atoms with Crippen LogP contribution in [0.2, 0.25) is 0 Å². The molecule has 0 bridgehead atoms. The number of rotatable bonds is 12. The Kier molecular flexibility index (Phi) is 12.6. The van der Waals surface area contributed by atoms with Crippen LogP contribution >= 0.6 is 0 Å². The molecule has 0 aliphatic carbocycles. The minimum absolute atomic E-state index is 0.0149. The van der Waals surface area contributed by atoms with Crippen LogP contribution < -0.4 is 33.8 Å². The van der Waals surface area contributed by atoms with Crippen molar-refractivity contribution >= 4 is 22.8 Å². The molecule has 0 amide bonds. The molecule has 0 unspecified atom stereocenters. The van der Waals surface area contributed by atoms with Crippen LogP contribution in [0, 0.1) is 0 Å². The summed E-state index contributed by atoms with van der Waals surface area (Å²) in [5, 5.41) is 20.8. The number of allylic oxidation sites excluding steroid dienone is 1. The number of hydrogen-bond donors (Lipinski definition) is 2. The van der Waals surface area contributed by atoms with Gasteiger partial charge in [0, 0.05) is 5.56 Å². The zero-order chi connectivity index (χ0) is 37.2. The molecule has 0 radical (unpaired) electrons. The second kappa shape index (κ2) is 17.0. The summed E-state index contributed by atoms with van der Waals surface area (Å²) in [6.45, 7) is 4.00. The van der Waals surface area contributed by atoms with Gasteiger partial charge in [0.05, 0.1) is 53.6 Å². The van der Waals surface area contributed by atoms with Crippen molar-refractivity contribution < 1.29 is 47.8 Å². The van der Waals surface area contributed by atoms with E-state index in [1.807, 2.05) is 26.0 Å². The number of aromatic hydroxyl groups is 2. The molecular weight excluding hydrogens is 656 g/mol. The van der Waals surface area contributed by atoms with Crippen molar-refractivity contribution in [2.75, 3.05) is 42.7 Å². The van der Waals surface area contributed by atoms with Crippen LogP contribution in [-0.4, -0.2) is 58.7 Å². The van der Waals surface area contributed by atoms with E-state index in [1.54, 1.807) is 54.6 Å². The largest absolute Gasteiger partial charge is 0.507 e. The Morgan fingerprint density at radius 3 is 1.69 bits per heavy atom. The number of phenolic OH excluding ortho intramolecular Hbond substituents is 1. The molecule has 0 aliphatic rings. The molecule has 5 aromatic rings. The molecule has 0 saturated heterocycles. The quantitative estimate of drug-likeness (QED) is 0.0981. The number of benzene rings is 4. The highest BCUT2D eigenvalue weighted by Gasteiger charge is 2.21. The minimum Gasteiger partial charge on any atom is -0.507 e. The summed E-state index contributed by atoms with van der Waals surface area (Å²) >= 11 is 0. The lowest BCUT2D eigenvalue weighted by atomic mass is 10.0. The minimum atomic E-state index is -0.488. The summed E-state index contributed by atoms with van der Waals surface area (Å²) in [7, 11) is 9.07. The number of ketones is 1. The lowest BCUT2D eigenvalue weighted by Crippen LogP contribution is -2.03. The standard InChI is InChI=1S/C20H20O6.C20H22O5/c1-5-11-6-7-13-14(8-11)26-19(18(22)17(13)21)12-9-15(23-2)20(25-4)16(10-12)24-3;1-5-13-6-8-15(17(22)10-13)16(21)9-7-14-11-18(23-2)20(25-4)19(12-14)24-3/h6-10,22H,5H2,1-4H3;6-12,22H,5H2,1-4H3/b;9-7+. The first kappa shape index (κ1) is 37.7. The molecular formula is C40H42O11. The zero-order valence-corrected chi connectivity index (χ0v) is 29.9. The van der Waals surface area contributed by atoms with Crippen LogP contribution in [0.3, 0.4) is 0 Å². The molecule has 51 heavy (non-hydrogen) atoms. The Bertz CT molecular complexity index is 2060. The third-order valence-electron chi connectivity index (χ3n) is 8.12. The van der Waals surface area contributed by atoms with Gasteiger partial charge in [0.15, 0.2) is 34.5 Å². The third-order valence-corrected chi connectivity index (χ3v) is 8.12. The molecule has 0 saturated carbocycles. The first-order valence-corrected chi connectivity index (χ1v) is 16.0. The number of aryl methyl sites for hydroxylation is 2. The molecule has 0 aliphatic heterocycles. The number of carbonyl (C=O) groups is 1. The predicted octanol–water partition coefficient (Wildman–Crippen LogP) is 7.63. The molecule has 0 atom stereocenters. The van der Waals surface area contributed by atoms with Crippen LogP contribution in [0.25, 0.3) is 28.4 Å². The van der Waals surface area contributed by atoms with Crippen molar-refractivity contribution in [3.05, 3.63) is 99.2 Å². The van der Waals surface area contributed by atoms with Gasteiger partial charge in [-0.25, -0.2) is 0 Å². The second-order valence-electron chi connectivity index (χ2n) is 11.1. The molecule has 11 nitrogen and oxygen atoms in total. The highest BCUT2D eigenvalue weighted by Crippen LogP contribution is 2.43. The van der Waals surface area contributed by atoms with Crippen molar-refractivity contribution in [3.63, 3.8) is 0 Å². The molecule has 11 heteroatoms. The van der Waals surface area contributed by atoms with Crippen LogP contribution in [0.15, 0.2) is 76.0 Å². The number of phenols is 1. The van der Waals surface area contributed by atoms with Gasteiger partial charge in [0.1, 0.15) is 11.3 Å². The number of ether oxygens (including phenoxy) is 6. The van der Waals surface area contributed by atoms with Crippen molar-refractivity contribution in [2.24, 2.45) is 0 Å². The van der Waals surface area contributed by atoms with Gasteiger partial charge in [0.25, 0.3) is 0 Å². The topological polar surface area (TPSA) is 143 Å². The Labute approximate surface area is 296 Å². The molecule has 0 fully saturated rings. The Morgan fingerprint density at radius 1 is 0.686 bits per heavy atom. The maximum absolute atomic E-state index is 12.6. The van der Waals surface area contributed by atoms with Gasteiger partial charge < -0.3 is 43.1 Å². The SMILES string of the molecule is CCc1ccc(C(=O)/C=C/c2cc(OC)c(OC)c(OC)c2)c(O)c1.CCc1ccc2c(=O)c(O)c(-c3cc(OC)c(OC)c(OC)c3)oc2c1. The van der Waals surface area contributed by atoms with Gasteiger partial charge in [-0.15, -0.1) is 0 Å². The van der Waals surface area contributed by atoms with Crippen molar-refractivity contribution in [2.45, 2.75) is 26.7 Å². The van der Waals surface area contributed by atoms with E-state index < -0.39 is 11.2 Å². The summed E-state index contributed by atoms with van der Waals surface area (Å²) in [6.07, 6.45) is 4.64. The number of hydrogen-bond acceptors (Lipinski definition) is 11. The van der Waals surface area contributed by atoms with Gasteiger partial charge in [-0.1, -0.05) is 32.1 Å². The average Bonchev–Trinajstić information content (AvgIpc) is 3.16. The summed E-state index contributed by atoms with van der Waals surface area (Å²) in [5.74, 6) is 1.99. The van der Waals surface area contributed by atoms with E-state index >= 15 is 0 Å². The fraction of sp³-hybridized carbons (Fsp3) is 0.250. The van der Waals surface area contributed by atoms with Crippen LogP contribution in [0.1, 0.15) is 40.9 Å². The van der Waals surface area contributed by atoms with E-state index in [9.17, 15) is 19.8 Å². The van der Waals surface area contributed by atoms with E-state index in [-0.39, 0.29) is 22.9 Å². The fourth-order valence-electron chi connectivity index (χ4n) is 5.32. The van der Waals surface area contributed by atoms with Gasteiger partial charge in [-0.2, -0.15) is 0 Å². The van der Waals surface area contributed by atoms with Gasteiger partial charge in [0.2, 0.25) is 22.7 Å². The average molecular weight is 699 g/mol. The van der Waals surface area contributed by atoms with Gasteiger partial charge >= 0.3 is 0 Å². The Morgan fingerprint density at radius 2 is 1.20 bits per heavy atom.